The molecule has 1 aliphatic rings. The van der Waals surface area contributed by atoms with Crippen molar-refractivity contribution in [1.82, 2.24) is 15.1 Å². The molecule has 1 N–H and O–H groups in total. The number of likely N-dealkylation sites (tertiary alicyclic amines) is 1. The summed E-state index contributed by atoms with van der Waals surface area (Å²) in [4.78, 5) is 27.2. The number of piperidine rings is 1. The maximum Gasteiger partial charge on any atom is 0.390 e. The maximum absolute atomic E-state index is 12.4. The normalized spacial score (nSPS) is 20.1. The molecule has 2 atom stereocenters. The van der Waals surface area contributed by atoms with Crippen molar-refractivity contribution in [2.75, 3.05) is 19.6 Å². The van der Waals surface area contributed by atoms with E-state index in [1.807, 2.05) is 6.92 Å². The van der Waals surface area contributed by atoms with E-state index in [4.69, 9.17) is 0 Å². The molecular weight excluding hydrogens is 311 g/mol. The van der Waals surface area contributed by atoms with Gasteiger partial charge in [0.1, 0.15) is 6.04 Å². The average molecular weight is 337 g/mol. The quantitative estimate of drug-likeness (QED) is 0.839. The lowest BCUT2D eigenvalue weighted by Crippen LogP contribution is -2.54. The number of alkyl halides is 3. The van der Waals surface area contributed by atoms with Gasteiger partial charge in [-0.15, -0.1) is 0 Å². The van der Waals surface area contributed by atoms with Gasteiger partial charge in [0.25, 0.3) is 0 Å². The van der Waals surface area contributed by atoms with Crippen LogP contribution in [0.4, 0.5) is 18.0 Å². The highest BCUT2D eigenvalue weighted by Gasteiger charge is 2.31. The fourth-order valence-electron chi connectivity index (χ4n) is 2.68. The first kappa shape index (κ1) is 19.6. The van der Waals surface area contributed by atoms with E-state index in [-0.39, 0.29) is 18.5 Å². The second kappa shape index (κ2) is 8.40. The molecule has 23 heavy (non-hydrogen) atoms. The molecule has 3 amide bonds. The SMILES string of the molecule is CCN(CCC(F)(F)F)C(=O)N[C@@H](C)C(=O)N1CCCC[C@H]1C. The molecule has 0 radical (unpaired) electrons. The summed E-state index contributed by atoms with van der Waals surface area (Å²) in [5, 5.41) is 2.51. The second-order valence-corrected chi connectivity index (χ2v) is 5.99. The van der Waals surface area contributed by atoms with Gasteiger partial charge >= 0.3 is 12.2 Å². The third-order valence-electron chi connectivity index (χ3n) is 4.13. The number of hydrogen-bond acceptors (Lipinski definition) is 2. The van der Waals surface area contributed by atoms with Crippen LogP contribution in [-0.4, -0.2) is 59.6 Å². The first-order valence-electron chi connectivity index (χ1n) is 8.08. The van der Waals surface area contributed by atoms with Crippen molar-refractivity contribution in [3.05, 3.63) is 0 Å². The van der Waals surface area contributed by atoms with Crippen LogP contribution in [0.5, 0.6) is 0 Å². The van der Waals surface area contributed by atoms with Crippen molar-refractivity contribution in [3.8, 4) is 0 Å². The maximum atomic E-state index is 12.4. The molecule has 0 aromatic heterocycles. The van der Waals surface area contributed by atoms with Crippen LogP contribution in [0.25, 0.3) is 0 Å². The molecule has 0 unspecified atom stereocenters. The standard InChI is InChI=1S/C15H26F3N3O2/c1-4-20(10-8-15(16,17)18)14(23)19-12(3)13(22)21-9-6-5-7-11(21)2/h11-12H,4-10H2,1-3H3,(H,19,23)/t11-,12+/m1/s1. The molecule has 1 aliphatic heterocycles. The number of rotatable bonds is 5. The lowest BCUT2D eigenvalue weighted by atomic mass is 10.0. The van der Waals surface area contributed by atoms with Gasteiger partial charge in [-0.3, -0.25) is 4.79 Å². The van der Waals surface area contributed by atoms with Crippen LogP contribution in [0.15, 0.2) is 0 Å². The number of amides is 3. The van der Waals surface area contributed by atoms with Crippen LogP contribution in [-0.2, 0) is 4.79 Å². The summed E-state index contributed by atoms with van der Waals surface area (Å²) in [5.74, 6) is -0.183. The highest BCUT2D eigenvalue weighted by molar-refractivity contribution is 5.87. The number of urea groups is 1. The molecule has 0 bridgehead atoms. The molecule has 8 heteroatoms. The Kier molecular flexibility index (Phi) is 7.15. The molecule has 1 heterocycles. The number of hydrogen-bond donors (Lipinski definition) is 1. The van der Waals surface area contributed by atoms with Gasteiger partial charge in [-0.25, -0.2) is 4.79 Å². The predicted molar refractivity (Wildman–Crippen MR) is 80.9 cm³/mol. The fraction of sp³-hybridized carbons (Fsp3) is 0.867. The van der Waals surface area contributed by atoms with Crippen LogP contribution < -0.4 is 5.32 Å². The molecule has 1 rings (SSSR count). The van der Waals surface area contributed by atoms with Gasteiger partial charge in [-0.1, -0.05) is 0 Å². The van der Waals surface area contributed by atoms with Crippen LogP contribution in [0.3, 0.4) is 0 Å². The molecule has 1 saturated heterocycles. The van der Waals surface area contributed by atoms with E-state index in [9.17, 15) is 22.8 Å². The monoisotopic (exact) mass is 337 g/mol. The van der Waals surface area contributed by atoms with Gasteiger partial charge in [0, 0.05) is 25.7 Å². The third kappa shape index (κ3) is 6.27. The zero-order valence-corrected chi connectivity index (χ0v) is 13.9. The van der Waals surface area contributed by atoms with Crippen LogP contribution in [0.2, 0.25) is 0 Å². The Morgan fingerprint density at radius 2 is 2.00 bits per heavy atom. The van der Waals surface area contributed by atoms with Crippen molar-refractivity contribution < 1.29 is 22.8 Å². The zero-order chi connectivity index (χ0) is 17.6. The molecule has 134 valence electrons. The van der Waals surface area contributed by atoms with E-state index in [0.29, 0.717) is 6.54 Å². The number of halogens is 3. The summed E-state index contributed by atoms with van der Waals surface area (Å²) >= 11 is 0. The number of nitrogens with one attached hydrogen (secondary N) is 1. The van der Waals surface area contributed by atoms with Gasteiger partial charge in [-0.05, 0) is 40.0 Å². The molecule has 5 nitrogen and oxygen atoms in total. The van der Waals surface area contributed by atoms with E-state index in [1.165, 1.54) is 0 Å². The zero-order valence-electron chi connectivity index (χ0n) is 13.9. The van der Waals surface area contributed by atoms with Gasteiger partial charge in [-0.2, -0.15) is 13.2 Å². The summed E-state index contributed by atoms with van der Waals surface area (Å²) in [6, 6.07) is -1.26. The van der Waals surface area contributed by atoms with Gasteiger partial charge in [0.2, 0.25) is 5.91 Å². The number of carbonyl (C=O) groups is 2. The number of carbonyl (C=O) groups excluding carboxylic acids is 2. The first-order valence-corrected chi connectivity index (χ1v) is 8.08. The van der Waals surface area contributed by atoms with E-state index < -0.39 is 31.2 Å². The van der Waals surface area contributed by atoms with Crippen molar-refractivity contribution >= 4 is 11.9 Å². The van der Waals surface area contributed by atoms with Crippen LogP contribution in [0, 0.1) is 0 Å². The highest BCUT2D eigenvalue weighted by Crippen LogP contribution is 2.20. The summed E-state index contributed by atoms with van der Waals surface area (Å²) < 4.78 is 36.8. The predicted octanol–water partition coefficient (Wildman–Crippen LogP) is 2.76. The van der Waals surface area contributed by atoms with Crippen molar-refractivity contribution in [1.29, 1.82) is 0 Å². The summed E-state index contributed by atoms with van der Waals surface area (Å²) in [6.07, 6.45) is -2.42. The van der Waals surface area contributed by atoms with Crippen molar-refractivity contribution in [2.45, 2.75) is 64.7 Å². The van der Waals surface area contributed by atoms with E-state index in [0.717, 1.165) is 24.2 Å². The summed E-state index contributed by atoms with van der Waals surface area (Å²) in [6.45, 7) is 5.54. The minimum Gasteiger partial charge on any atom is -0.338 e. The van der Waals surface area contributed by atoms with E-state index >= 15 is 0 Å². The molecule has 0 spiro atoms. The van der Waals surface area contributed by atoms with Gasteiger partial charge in [0.05, 0.1) is 6.42 Å². The number of nitrogens with zero attached hydrogens (tertiary/aromatic N) is 2. The Morgan fingerprint density at radius 3 is 2.52 bits per heavy atom. The minimum atomic E-state index is -4.31. The van der Waals surface area contributed by atoms with Crippen molar-refractivity contribution in [2.24, 2.45) is 0 Å². The summed E-state index contributed by atoms with van der Waals surface area (Å²) in [5.41, 5.74) is 0. The molecule has 0 aromatic carbocycles. The Morgan fingerprint density at radius 1 is 1.35 bits per heavy atom. The van der Waals surface area contributed by atoms with E-state index in [2.05, 4.69) is 5.32 Å². The molecule has 0 aromatic rings. The van der Waals surface area contributed by atoms with Crippen LogP contribution in [0.1, 0.15) is 46.5 Å². The highest BCUT2D eigenvalue weighted by atomic mass is 19.4. The Bertz CT molecular complexity index is 415. The molecular formula is C15H26F3N3O2. The second-order valence-electron chi connectivity index (χ2n) is 5.99. The Hall–Kier alpha value is -1.47. The lowest BCUT2D eigenvalue weighted by Gasteiger charge is -2.35. The van der Waals surface area contributed by atoms with Crippen LogP contribution >= 0.6 is 0 Å². The van der Waals surface area contributed by atoms with Gasteiger partial charge in [0.15, 0.2) is 0 Å². The Labute approximate surface area is 135 Å². The first-order chi connectivity index (χ1) is 10.7. The molecule has 1 fully saturated rings. The topological polar surface area (TPSA) is 52.7 Å². The molecule has 0 aliphatic carbocycles. The largest absolute Gasteiger partial charge is 0.390 e. The average Bonchev–Trinajstić information content (AvgIpc) is 2.46. The minimum absolute atomic E-state index is 0.128. The fourth-order valence-corrected chi connectivity index (χ4v) is 2.68. The third-order valence-corrected chi connectivity index (χ3v) is 4.13. The van der Waals surface area contributed by atoms with E-state index in [1.54, 1.807) is 18.7 Å². The van der Waals surface area contributed by atoms with Crippen molar-refractivity contribution in [3.63, 3.8) is 0 Å². The molecule has 0 saturated carbocycles. The Balaban J connectivity index is 2.54. The lowest BCUT2D eigenvalue weighted by molar-refractivity contribution is -0.138. The smallest absolute Gasteiger partial charge is 0.338 e. The van der Waals surface area contributed by atoms with Gasteiger partial charge < -0.3 is 15.1 Å². The summed E-state index contributed by atoms with van der Waals surface area (Å²) in [7, 11) is 0.